The maximum atomic E-state index is 14.5. The summed E-state index contributed by atoms with van der Waals surface area (Å²) in [4.78, 5) is 13.8. The molecule has 124 valence electrons. The molecule has 0 bridgehead atoms. The highest BCUT2D eigenvalue weighted by atomic mass is 35.5. The van der Waals surface area contributed by atoms with Crippen molar-refractivity contribution in [3.05, 3.63) is 23.0 Å². The molecule has 2 rings (SSSR count). The van der Waals surface area contributed by atoms with Gasteiger partial charge in [0.15, 0.2) is 5.82 Å². The number of amides is 2. The van der Waals surface area contributed by atoms with Crippen molar-refractivity contribution >= 4 is 29.0 Å². The van der Waals surface area contributed by atoms with Crippen LogP contribution in [-0.2, 0) is 4.74 Å². The van der Waals surface area contributed by atoms with Gasteiger partial charge in [-0.2, -0.15) is 5.26 Å². The van der Waals surface area contributed by atoms with Crippen LogP contribution >= 0.6 is 11.6 Å². The first-order chi connectivity index (χ1) is 11.0. The predicted octanol–water partition coefficient (Wildman–Crippen LogP) is 2.74. The Hall–Kier alpha value is -2.04. The number of carbonyl (C=O) groups excluding carboxylic acids is 1. The lowest BCUT2D eigenvalue weighted by atomic mass is 10.2. The third-order valence-electron chi connectivity index (χ3n) is 3.42. The zero-order chi connectivity index (χ0) is 16.8. The summed E-state index contributed by atoms with van der Waals surface area (Å²) in [6.45, 7) is 3.71. The molecule has 2 amide bonds. The molecule has 1 atom stereocenters. The number of halogens is 2. The summed E-state index contributed by atoms with van der Waals surface area (Å²) in [5.74, 6) is -0.573. The molecule has 8 heteroatoms. The second-order valence-corrected chi connectivity index (χ2v) is 5.63. The molecule has 0 radical (unpaired) electrons. The second-order valence-electron chi connectivity index (χ2n) is 5.22. The van der Waals surface area contributed by atoms with E-state index in [2.05, 4.69) is 10.6 Å². The molecule has 23 heavy (non-hydrogen) atoms. The number of anilines is 2. The molecule has 6 nitrogen and oxygen atoms in total. The van der Waals surface area contributed by atoms with E-state index in [1.54, 1.807) is 17.9 Å². The Bertz CT molecular complexity index is 614. The van der Waals surface area contributed by atoms with Gasteiger partial charge >= 0.3 is 6.03 Å². The van der Waals surface area contributed by atoms with Crippen molar-refractivity contribution in [3.8, 4) is 6.07 Å². The van der Waals surface area contributed by atoms with Gasteiger partial charge in [-0.1, -0.05) is 11.6 Å². The zero-order valence-electron chi connectivity index (χ0n) is 12.7. The van der Waals surface area contributed by atoms with Crippen LogP contribution in [0.2, 0.25) is 5.02 Å². The lowest BCUT2D eigenvalue weighted by Crippen LogP contribution is -2.39. The highest BCUT2D eigenvalue weighted by Gasteiger charge is 2.22. The van der Waals surface area contributed by atoms with Crippen LogP contribution in [0, 0.1) is 17.1 Å². The van der Waals surface area contributed by atoms with Gasteiger partial charge in [-0.3, -0.25) is 0 Å². The Morgan fingerprint density at radius 1 is 1.52 bits per heavy atom. The van der Waals surface area contributed by atoms with Crippen LogP contribution in [0.4, 0.5) is 20.6 Å². The summed E-state index contributed by atoms with van der Waals surface area (Å²) in [5.41, 5.74) is 0.583. The van der Waals surface area contributed by atoms with Crippen LogP contribution in [0.5, 0.6) is 0 Å². The van der Waals surface area contributed by atoms with Crippen molar-refractivity contribution in [3.63, 3.8) is 0 Å². The minimum Gasteiger partial charge on any atom is -0.378 e. The molecule has 2 N–H and O–H groups in total. The fraction of sp³-hybridized carbons (Fsp3) is 0.467. The normalized spacial score (nSPS) is 15.7. The molecule has 1 aromatic carbocycles. The second kappa shape index (κ2) is 7.99. The number of nitriles is 1. The topological polar surface area (TPSA) is 77.4 Å². The molecule has 0 spiro atoms. The lowest BCUT2D eigenvalue weighted by Gasteiger charge is -2.31. The summed E-state index contributed by atoms with van der Waals surface area (Å²) >= 11 is 5.87. The summed E-state index contributed by atoms with van der Waals surface area (Å²) in [5, 5.41) is 13.9. The number of nitrogens with zero attached hydrogens (tertiary/aromatic N) is 2. The Morgan fingerprint density at radius 2 is 2.22 bits per heavy atom. The number of nitrogens with one attached hydrogen (secondary N) is 2. The largest absolute Gasteiger partial charge is 0.378 e. The number of carbonyl (C=O) groups is 1. The smallest absolute Gasteiger partial charge is 0.319 e. The fourth-order valence-electron chi connectivity index (χ4n) is 2.31. The number of urea groups is 1. The maximum Gasteiger partial charge on any atom is 0.319 e. The van der Waals surface area contributed by atoms with Gasteiger partial charge in [0.25, 0.3) is 0 Å². The number of morpholine rings is 1. The van der Waals surface area contributed by atoms with Gasteiger partial charge in [0.2, 0.25) is 0 Å². The first-order valence-corrected chi connectivity index (χ1v) is 7.66. The van der Waals surface area contributed by atoms with Gasteiger partial charge in [-0.05, 0) is 19.1 Å². The summed E-state index contributed by atoms with van der Waals surface area (Å²) in [6.07, 6.45) is 0.193. The molecule has 0 unspecified atom stereocenters. The Labute approximate surface area is 139 Å². The van der Waals surface area contributed by atoms with E-state index >= 15 is 0 Å². The molecular formula is C15H18ClFN4O2. The van der Waals surface area contributed by atoms with Crippen molar-refractivity contribution in [1.29, 1.82) is 5.26 Å². The maximum absolute atomic E-state index is 14.5. The van der Waals surface area contributed by atoms with Crippen LogP contribution in [0.3, 0.4) is 0 Å². The standard InChI is InChI=1S/C15H18ClFN4O2/c1-10(4-5-18)19-15(22)20-12-3-2-11(16)13(17)14(12)21-6-8-23-9-7-21/h2-3,10H,4,6-9H2,1H3,(H2,19,20,22)/t10-/m0/s1. The summed E-state index contributed by atoms with van der Waals surface area (Å²) < 4.78 is 19.7. The zero-order valence-corrected chi connectivity index (χ0v) is 13.5. The molecule has 1 heterocycles. The first kappa shape index (κ1) is 17.3. The average molecular weight is 341 g/mol. The van der Waals surface area contributed by atoms with Crippen LogP contribution in [-0.4, -0.2) is 38.4 Å². The van der Waals surface area contributed by atoms with E-state index in [1.807, 2.05) is 6.07 Å². The van der Waals surface area contributed by atoms with Gasteiger partial charge in [0.1, 0.15) is 0 Å². The number of hydrogen-bond donors (Lipinski definition) is 2. The van der Waals surface area contributed by atoms with Gasteiger partial charge in [-0.15, -0.1) is 0 Å². The minimum absolute atomic E-state index is 0.00435. The van der Waals surface area contributed by atoms with Crippen molar-refractivity contribution in [2.45, 2.75) is 19.4 Å². The number of hydrogen-bond acceptors (Lipinski definition) is 4. The SMILES string of the molecule is C[C@@H](CC#N)NC(=O)Nc1ccc(Cl)c(F)c1N1CCOCC1. The molecule has 1 saturated heterocycles. The van der Waals surface area contributed by atoms with E-state index in [1.165, 1.54) is 6.07 Å². The molecular weight excluding hydrogens is 323 g/mol. The van der Waals surface area contributed by atoms with E-state index in [-0.39, 0.29) is 23.2 Å². The van der Waals surface area contributed by atoms with Crippen molar-refractivity contribution < 1.29 is 13.9 Å². The molecule has 1 fully saturated rings. The van der Waals surface area contributed by atoms with Crippen molar-refractivity contribution in [1.82, 2.24) is 5.32 Å². The summed E-state index contributed by atoms with van der Waals surface area (Å²) in [6, 6.07) is 4.13. The molecule has 1 aliphatic heterocycles. The Kier molecular flexibility index (Phi) is 6.02. The highest BCUT2D eigenvalue weighted by Crippen LogP contribution is 2.34. The number of ether oxygens (including phenoxy) is 1. The van der Waals surface area contributed by atoms with E-state index in [0.29, 0.717) is 32.0 Å². The Balaban J connectivity index is 2.19. The van der Waals surface area contributed by atoms with Gasteiger partial charge in [-0.25, -0.2) is 9.18 Å². The van der Waals surface area contributed by atoms with Crippen LogP contribution in [0.15, 0.2) is 12.1 Å². The molecule has 0 aliphatic carbocycles. The Morgan fingerprint density at radius 3 is 2.87 bits per heavy atom. The quantitative estimate of drug-likeness (QED) is 0.883. The highest BCUT2D eigenvalue weighted by molar-refractivity contribution is 6.31. The predicted molar refractivity (Wildman–Crippen MR) is 86.3 cm³/mol. The van der Waals surface area contributed by atoms with Crippen LogP contribution in [0.25, 0.3) is 0 Å². The first-order valence-electron chi connectivity index (χ1n) is 7.28. The number of rotatable bonds is 4. The van der Waals surface area contributed by atoms with Crippen LogP contribution < -0.4 is 15.5 Å². The lowest BCUT2D eigenvalue weighted by molar-refractivity contribution is 0.122. The summed E-state index contributed by atoms with van der Waals surface area (Å²) in [7, 11) is 0. The van der Waals surface area contributed by atoms with E-state index < -0.39 is 11.8 Å². The monoisotopic (exact) mass is 340 g/mol. The number of benzene rings is 1. The van der Waals surface area contributed by atoms with E-state index in [0.717, 1.165) is 0 Å². The van der Waals surface area contributed by atoms with Crippen molar-refractivity contribution in [2.24, 2.45) is 0 Å². The third-order valence-corrected chi connectivity index (χ3v) is 3.71. The molecule has 0 saturated carbocycles. The van der Waals surface area contributed by atoms with Crippen LogP contribution in [0.1, 0.15) is 13.3 Å². The van der Waals surface area contributed by atoms with Gasteiger partial charge in [0.05, 0.1) is 42.1 Å². The van der Waals surface area contributed by atoms with E-state index in [4.69, 9.17) is 21.6 Å². The van der Waals surface area contributed by atoms with E-state index in [9.17, 15) is 9.18 Å². The third kappa shape index (κ3) is 4.47. The fourth-order valence-corrected chi connectivity index (χ4v) is 2.46. The minimum atomic E-state index is -0.573. The van der Waals surface area contributed by atoms with Gasteiger partial charge in [0, 0.05) is 19.1 Å². The van der Waals surface area contributed by atoms with Crippen molar-refractivity contribution in [2.75, 3.05) is 36.5 Å². The molecule has 0 aromatic heterocycles. The van der Waals surface area contributed by atoms with Gasteiger partial charge < -0.3 is 20.3 Å². The average Bonchev–Trinajstić information content (AvgIpc) is 2.52. The molecule has 1 aliphatic rings. The molecule has 1 aromatic rings.